The van der Waals surface area contributed by atoms with E-state index in [4.69, 9.17) is 11.6 Å². The fourth-order valence-electron chi connectivity index (χ4n) is 0.335. The lowest BCUT2D eigenvalue weighted by molar-refractivity contribution is 0.261. The summed E-state index contributed by atoms with van der Waals surface area (Å²) in [6, 6.07) is 1.49. The molecule has 0 atom stereocenters. The lowest BCUT2D eigenvalue weighted by Gasteiger charge is -1.83. The van der Waals surface area contributed by atoms with Crippen LogP contribution in [0.1, 0.15) is 0 Å². The van der Waals surface area contributed by atoms with Crippen LogP contribution >= 0.6 is 11.6 Å². The highest BCUT2D eigenvalue weighted by Gasteiger charge is 1.97. The number of methoxy groups -OCH3 is 1. The lowest BCUT2D eigenvalue weighted by atomic mass is 10.7. The molecular weight excluding hydrogens is 130 g/mol. The van der Waals surface area contributed by atoms with E-state index in [1.165, 1.54) is 13.2 Å². The predicted octanol–water partition coefficient (Wildman–Crippen LogP) is 1.34. The van der Waals surface area contributed by atoms with Crippen molar-refractivity contribution in [1.29, 1.82) is 0 Å². The molecule has 0 aromatic carbocycles. The second-order valence-corrected chi connectivity index (χ2v) is 1.56. The van der Waals surface area contributed by atoms with Crippen molar-refractivity contribution in [2.24, 2.45) is 0 Å². The van der Waals surface area contributed by atoms with Crippen LogP contribution in [0.25, 0.3) is 0 Å². The maximum atomic E-state index is 5.35. The Labute approximate surface area is 51.2 Å². The van der Waals surface area contributed by atoms with Crippen molar-refractivity contribution in [3.05, 3.63) is 11.2 Å². The van der Waals surface area contributed by atoms with E-state index in [-0.39, 0.29) is 0 Å². The Morgan fingerprint density at radius 1 is 1.88 bits per heavy atom. The van der Waals surface area contributed by atoms with Gasteiger partial charge < -0.3 is 9.26 Å². The van der Waals surface area contributed by atoms with Crippen LogP contribution in [0, 0.1) is 0 Å². The topological polar surface area (TPSA) is 35.3 Å². The molecule has 3 nitrogen and oxygen atoms in total. The molecule has 0 bridgehead atoms. The fraction of sp³-hybridized carbons (Fsp3) is 0.250. The first kappa shape index (κ1) is 5.44. The van der Waals surface area contributed by atoms with Crippen LogP contribution < -0.4 is 4.74 Å². The van der Waals surface area contributed by atoms with E-state index in [0.29, 0.717) is 11.1 Å². The standard InChI is InChI=1S/C4H4ClNO2/c1-7-4-2-3(5)6-8-4/h2H,1H3. The van der Waals surface area contributed by atoms with Crippen molar-refractivity contribution in [2.45, 2.75) is 0 Å². The van der Waals surface area contributed by atoms with Gasteiger partial charge in [-0.1, -0.05) is 16.8 Å². The fourth-order valence-corrected chi connectivity index (χ4v) is 0.458. The predicted molar refractivity (Wildman–Crippen MR) is 28.1 cm³/mol. The van der Waals surface area contributed by atoms with Crippen LogP contribution in [0.2, 0.25) is 5.15 Å². The van der Waals surface area contributed by atoms with Crippen molar-refractivity contribution in [2.75, 3.05) is 7.11 Å². The highest BCUT2D eigenvalue weighted by molar-refractivity contribution is 6.29. The largest absolute Gasteiger partial charge is 0.467 e. The third-order valence-corrected chi connectivity index (χ3v) is 0.839. The second-order valence-electron chi connectivity index (χ2n) is 1.17. The summed E-state index contributed by atoms with van der Waals surface area (Å²) in [5, 5.41) is 3.66. The van der Waals surface area contributed by atoms with Crippen LogP contribution in [-0.2, 0) is 0 Å². The molecule has 0 aliphatic carbocycles. The van der Waals surface area contributed by atoms with Gasteiger partial charge in [0.05, 0.1) is 13.2 Å². The Bertz CT molecular complexity index is 174. The molecule has 1 rings (SSSR count). The van der Waals surface area contributed by atoms with Gasteiger partial charge in [-0.25, -0.2) is 0 Å². The Balaban J connectivity index is 2.84. The molecule has 0 saturated heterocycles. The molecule has 0 aliphatic heterocycles. The molecule has 0 unspecified atom stereocenters. The summed E-state index contributed by atoms with van der Waals surface area (Å²) in [5.74, 6) is 0.329. The zero-order valence-electron chi connectivity index (χ0n) is 4.22. The third kappa shape index (κ3) is 0.924. The highest BCUT2D eigenvalue weighted by Crippen LogP contribution is 2.14. The zero-order valence-corrected chi connectivity index (χ0v) is 4.97. The molecule has 0 saturated carbocycles. The Hall–Kier alpha value is -0.700. The molecule has 1 heterocycles. The van der Waals surface area contributed by atoms with Gasteiger partial charge in [-0.3, -0.25) is 0 Å². The first-order valence-electron chi connectivity index (χ1n) is 1.99. The number of hydrogen-bond donors (Lipinski definition) is 0. The van der Waals surface area contributed by atoms with Gasteiger partial charge in [-0.2, -0.15) is 0 Å². The summed E-state index contributed by atoms with van der Waals surface area (Å²) in [7, 11) is 1.48. The molecule has 0 N–H and O–H groups in total. The Morgan fingerprint density at radius 3 is 2.88 bits per heavy atom. The minimum absolute atomic E-state index is 0.307. The van der Waals surface area contributed by atoms with Gasteiger partial charge in [0, 0.05) is 0 Å². The maximum Gasteiger partial charge on any atom is 0.312 e. The van der Waals surface area contributed by atoms with Gasteiger partial charge in [-0.15, -0.1) is 0 Å². The second kappa shape index (κ2) is 2.05. The molecule has 8 heavy (non-hydrogen) atoms. The smallest absolute Gasteiger partial charge is 0.312 e. The molecule has 0 aliphatic rings. The van der Waals surface area contributed by atoms with E-state index >= 15 is 0 Å². The van der Waals surface area contributed by atoms with E-state index in [1.54, 1.807) is 0 Å². The van der Waals surface area contributed by atoms with Crippen LogP contribution in [0.3, 0.4) is 0 Å². The van der Waals surface area contributed by atoms with Crippen molar-refractivity contribution >= 4 is 11.6 Å². The number of aromatic nitrogens is 1. The van der Waals surface area contributed by atoms with Gasteiger partial charge in [-0.05, 0) is 0 Å². The highest BCUT2D eigenvalue weighted by atomic mass is 35.5. The van der Waals surface area contributed by atoms with Crippen molar-refractivity contribution < 1.29 is 9.26 Å². The molecular formula is C4H4ClNO2. The van der Waals surface area contributed by atoms with Crippen LogP contribution in [-0.4, -0.2) is 12.3 Å². The van der Waals surface area contributed by atoms with Crippen molar-refractivity contribution in [1.82, 2.24) is 5.16 Å². The molecule has 44 valence electrons. The van der Waals surface area contributed by atoms with Gasteiger partial charge in [0.1, 0.15) is 0 Å². The van der Waals surface area contributed by atoms with Crippen LogP contribution in [0.4, 0.5) is 0 Å². The van der Waals surface area contributed by atoms with Gasteiger partial charge in [0.25, 0.3) is 0 Å². The van der Waals surface area contributed by atoms with Crippen molar-refractivity contribution in [3.8, 4) is 5.95 Å². The number of rotatable bonds is 1. The van der Waals surface area contributed by atoms with Gasteiger partial charge >= 0.3 is 5.95 Å². The van der Waals surface area contributed by atoms with Crippen molar-refractivity contribution in [3.63, 3.8) is 0 Å². The average Bonchev–Trinajstić information content (AvgIpc) is 2.14. The Morgan fingerprint density at radius 2 is 2.62 bits per heavy atom. The molecule has 1 aromatic heterocycles. The molecule has 0 radical (unpaired) electrons. The van der Waals surface area contributed by atoms with E-state index in [0.717, 1.165) is 0 Å². The summed E-state index contributed by atoms with van der Waals surface area (Å²) < 4.78 is 9.13. The minimum Gasteiger partial charge on any atom is -0.467 e. The van der Waals surface area contributed by atoms with Crippen LogP contribution in [0.5, 0.6) is 5.95 Å². The summed E-state index contributed by atoms with van der Waals surface area (Å²) in [6.07, 6.45) is 0. The first-order chi connectivity index (χ1) is 3.83. The maximum absolute atomic E-state index is 5.35. The monoisotopic (exact) mass is 133 g/mol. The molecule has 0 amide bonds. The minimum atomic E-state index is 0.307. The third-order valence-electron chi connectivity index (χ3n) is 0.661. The molecule has 0 spiro atoms. The quantitative estimate of drug-likeness (QED) is 0.580. The Kier molecular flexibility index (Phi) is 1.39. The van der Waals surface area contributed by atoms with Gasteiger partial charge in [0.2, 0.25) is 0 Å². The SMILES string of the molecule is COc1cc(Cl)no1. The summed E-state index contributed by atoms with van der Waals surface area (Å²) in [5.41, 5.74) is 0. The molecule has 0 fully saturated rings. The zero-order chi connectivity index (χ0) is 5.98. The molecule has 4 heteroatoms. The summed E-state index contributed by atoms with van der Waals surface area (Å²) in [4.78, 5) is 0. The first-order valence-corrected chi connectivity index (χ1v) is 2.37. The van der Waals surface area contributed by atoms with Gasteiger partial charge in [0.15, 0.2) is 5.15 Å². The number of hydrogen-bond acceptors (Lipinski definition) is 3. The summed E-state index contributed by atoms with van der Waals surface area (Å²) >= 11 is 5.35. The molecule has 1 aromatic rings. The average molecular weight is 134 g/mol. The number of nitrogens with zero attached hydrogens (tertiary/aromatic N) is 1. The van der Waals surface area contributed by atoms with E-state index in [2.05, 4.69) is 14.4 Å². The van der Waals surface area contributed by atoms with E-state index in [9.17, 15) is 0 Å². The normalized spacial score (nSPS) is 9.25. The number of halogens is 1. The number of ether oxygens (including phenoxy) is 1. The van der Waals surface area contributed by atoms with Crippen LogP contribution in [0.15, 0.2) is 10.6 Å². The van der Waals surface area contributed by atoms with E-state index < -0.39 is 0 Å². The summed E-state index contributed by atoms with van der Waals surface area (Å²) in [6.45, 7) is 0. The van der Waals surface area contributed by atoms with E-state index in [1.807, 2.05) is 0 Å². The lowest BCUT2D eigenvalue weighted by Crippen LogP contribution is -1.75.